The molecule has 0 radical (unpaired) electrons. The van der Waals surface area contributed by atoms with Crippen LogP contribution in [0.2, 0.25) is 0 Å². The van der Waals surface area contributed by atoms with Gasteiger partial charge in [0.2, 0.25) is 11.0 Å². The van der Waals surface area contributed by atoms with Crippen LogP contribution in [0.3, 0.4) is 0 Å². The number of nitrogens with zero attached hydrogens (tertiary/aromatic N) is 6. The number of piperazine rings is 1. The summed E-state index contributed by atoms with van der Waals surface area (Å²) in [7, 11) is 3.50. The molecule has 9 nitrogen and oxygen atoms in total. The molecule has 1 aromatic rings. The van der Waals surface area contributed by atoms with Crippen molar-refractivity contribution in [2.24, 2.45) is 4.99 Å². The van der Waals surface area contributed by atoms with Gasteiger partial charge in [0.25, 0.3) is 0 Å². The van der Waals surface area contributed by atoms with E-state index >= 15 is 0 Å². The highest BCUT2D eigenvalue weighted by molar-refractivity contribution is 7.09. The molecule has 0 atom stereocenters. The van der Waals surface area contributed by atoms with Crippen LogP contribution in [0.1, 0.15) is 26.1 Å². The third kappa shape index (κ3) is 6.90. The van der Waals surface area contributed by atoms with Crippen LogP contribution in [0.25, 0.3) is 0 Å². The zero-order valence-corrected chi connectivity index (χ0v) is 18.3. The number of amides is 1. The molecule has 0 saturated carbocycles. The number of anilines is 1. The summed E-state index contributed by atoms with van der Waals surface area (Å²) < 4.78 is 9.77. The number of likely N-dealkylation sites (N-methyl/N-ethyl adjacent to an activating group) is 1. The third-order valence-corrected chi connectivity index (χ3v) is 5.25. The Morgan fingerprint density at radius 3 is 2.64 bits per heavy atom. The molecule has 28 heavy (non-hydrogen) atoms. The van der Waals surface area contributed by atoms with E-state index in [1.807, 2.05) is 6.92 Å². The monoisotopic (exact) mass is 411 g/mol. The number of carbonyl (C=O) groups excluding carboxylic acids is 1. The summed E-state index contributed by atoms with van der Waals surface area (Å²) in [5, 5.41) is 4.38. The van der Waals surface area contributed by atoms with Gasteiger partial charge in [0.15, 0.2) is 5.96 Å². The number of carbonyl (C=O) groups is 1. The van der Waals surface area contributed by atoms with E-state index in [0.29, 0.717) is 0 Å². The predicted octanol–water partition coefficient (Wildman–Crippen LogP) is 0.683. The van der Waals surface area contributed by atoms with Gasteiger partial charge in [-0.05, 0) is 13.3 Å². The average molecular weight is 412 g/mol. The van der Waals surface area contributed by atoms with Gasteiger partial charge in [-0.25, -0.2) is 9.98 Å². The van der Waals surface area contributed by atoms with Crippen molar-refractivity contribution < 1.29 is 9.53 Å². The number of aromatic nitrogens is 2. The molecule has 158 valence electrons. The van der Waals surface area contributed by atoms with E-state index in [9.17, 15) is 4.79 Å². The molecule has 1 aliphatic rings. The number of hydrogen-bond acceptors (Lipinski definition) is 7. The van der Waals surface area contributed by atoms with Crippen LogP contribution < -0.4 is 10.2 Å². The number of nitrogens with one attached hydrogen (secondary N) is 1. The van der Waals surface area contributed by atoms with Crippen molar-refractivity contribution in [1.29, 1.82) is 0 Å². The van der Waals surface area contributed by atoms with Gasteiger partial charge in [0.1, 0.15) is 12.4 Å². The van der Waals surface area contributed by atoms with E-state index in [2.05, 4.69) is 36.4 Å². The van der Waals surface area contributed by atoms with E-state index < -0.39 is 0 Å². The minimum absolute atomic E-state index is 0.00629. The Morgan fingerprint density at radius 2 is 2.04 bits per heavy atom. The Kier molecular flexibility index (Phi) is 9.42. The lowest BCUT2D eigenvalue weighted by atomic mass is 10.3. The molecular formula is C18H33N7O2S. The predicted molar refractivity (Wildman–Crippen MR) is 113 cm³/mol. The van der Waals surface area contributed by atoms with Crippen LogP contribution in [0.4, 0.5) is 5.13 Å². The van der Waals surface area contributed by atoms with Gasteiger partial charge in [0.05, 0.1) is 0 Å². The Bertz CT molecular complexity index is 627. The molecule has 2 heterocycles. The van der Waals surface area contributed by atoms with Crippen molar-refractivity contribution in [1.82, 2.24) is 24.5 Å². The lowest BCUT2D eigenvalue weighted by molar-refractivity contribution is -0.127. The highest BCUT2D eigenvalue weighted by atomic mass is 32.1. The normalized spacial score (nSPS) is 15.1. The minimum atomic E-state index is -0.00629. The van der Waals surface area contributed by atoms with Crippen molar-refractivity contribution in [2.45, 2.75) is 26.7 Å². The Hall–Kier alpha value is -1.94. The summed E-state index contributed by atoms with van der Waals surface area (Å²) in [6.07, 6.45) is 1.76. The Balaban J connectivity index is 1.92. The van der Waals surface area contributed by atoms with Gasteiger partial charge in [-0.2, -0.15) is 4.37 Å². The summed E-state index contributed by atoms with van der Waals surface area (Å²) in [6, 6.07) is 0. The van der Waals surface area contributed by atoms with Gasteiger partial charge < -0.3 is 24.8 Å². The number of ether oxygens (including phenoxy) is 1. The summed E-state index contributed by atoms with van der Waals surface area (Å²) >= 11 is 1.47. The molecule has 10 heteroatoms. The maximum Gasteiger partial charge on any atom is 0.243 e. The van der Waals surface area contributed by atoms with Crippen LogP contribution in [-0.2, 0) is 16.0 Å². The molecule has 1 aliphatic heterocycles. The highest BCUT2D eigenvalue weighted by Crippen LogP contribution is 2.19. The third-order valence-electron chi connectivity index (χ3n) is 4.44. The Labute approximate surface area is 171 Å². The summed E-state index contributed by atoms with van der Waals surface area (Å²) in [5.74, 6) is 1.69. The molecule has 0 aliphatic carbocycles. The van der Waals surface area contributed by atoms with E-state index in [-0.39, 0.29) is 12.5 Å². The second kappa shape index (κ2) is 11.8. The maximum atomic E-state index is 11.9. The van der Waals surface area contributed by atoms with E-state index in [0.717, 1.165) is 75.7 Å². The fourth-order valence-corrected chi connectivity index (χ4v) is 3.50. The number of hydrogen-bond donors (Lipinski definition) is 1. The quantitative estimate of drug-likeness (QED) is 0.363. The standard InChI is InChI=1S/C18H33N7O2S/c1-5-15-21-18(28-22-15)25-11-9-24(10-12-25)17(19-8-7-13-27-6-2)20-14-16(26)23(3)4/h5-14H2,1-4H3,(H,19,20). The topological polar surface area (TPSA) is 86.2 Å². The molecule has 1 aromatic heterocycles. The summed E-state index contributed by atoms with van der Waals surface area (Å²) in [5.41, 5.74) is 0. The molecule has 0 unspecified atom stereocenters. The van der Waals surface area contributed by atoms with Crippen LogP contribution >= 0.6 is 11.5 Å². The highest BCUT2D eigenvalue weighted by Gasteiger charge is 2.22. The molecule has 0 spiro atoms. The molecule has 1 saturated heterocycles. The summed E-state index contributed by atoms with van der Waals surface area (Å²) in [6.45, 7) is 9.81. The number of guanidine groups is 1. The van der Waals surface area contributed by atoms with Crippen molar-refractivity contribution >= 4 is 28.5 Å². The van der Waals surface area contributed by atoms with E-state index in [1.165, 1.54) is 11.5 Å². The molecule has 2 rings (SSSR count). The van der Waals surface area contributed by atoms with Crippen LogP contribution in [0.5, 0.6) is 0 Å². The number of rotatable bonds is 9. The zero-order chi connectivity index (χ0) is 20.4. The van der Waals surface area contributed by atoms with Gasteiger partial charge in [-0.15, -0.1) is 0 Å². The second-order valence-corrected chi connectivity index (χ2v) is 7.46. The average Bonchev–Trinajstić information content (AvgIpc) is 3.19. The van der Waals surface area contributed by atoms with Crippen LogP contribution in [0, 0.1) is 0 Å². The largest absolute Gasteiger partial charge is 0.382 e. The molecule has 0 bridgehead atoms. The summed E-state index contributed by atoms with van der Waals surface area (Å²) in [4.78, 5) is 27.1. The van der Waals surface area contributed by atoms with E-state index in [4.69, 9.17) is 4.74 Å². The minimum Gasteiger partial charge on any atom is -0.382 e. The van der Waals surface area contributed by atoms with Crippen molar-refractivity contribution in [3.8, 4) is 0 Å². The molecule has 1 fully saturated rings. The first-order valence-corrected chi connectivity index (χ1v) is 10.7. The number of aliphatic imine (C=N–C) groups is 1. The first-order chi connectivity index (χ1) is 13.5. The fourth-order valence-electron chi connectivity index (χ4n) is 2.70. The van der Waals surface area contributed by atoms with Gasteiger partial charge >= 0.3 is 0 Å². The van der Waals surface area contributed by atoms with Gasteiger partial charge in [0, 0.05) is 78.0 Å². The van der Waals surface area contributed by atoms with Crippen LogP contribution in [0.15, 0.2) is 4.99 Å². The smallest absolute Gasteiger partial charge is 0.243 e. The first-order valence-electron chi connectivity index (χ1n) is 9.93. The van der Waals surface area contributed by atoms with Crippen molar-refractivity contribution in [3.05, 3.63) is 5.82 Å². The SMILES string of the molecule is CCOCCCNC(=NCC(=O)N(C)C)N1CCN(c2nc(CC)ns2)CC1. The maximum absolute atomic E-state index is 11.9. The Morgan fingerprint density at radius 1 is 1.29 bits per heavy atom. The zero-order valence-electron chi connectivity index (χ0n) is 17.5. The van der Waals surface area contributed by atoms with Crippen LogP contribution in [-0.4, -0.2) is 97.6 Å². The second-order valence-electron chi connectivity index (χ2n) is 6.73. The first kappa shape index (κ1) is 22.4. The fraction of sp³-hybridized carbons (Fsp3) is 0.778. The molecular weight excluding hydrogens is 378 g/mol. The lowest BCUT2D eigenvalue weighted by Gasteiger charge is -2.36. The van der Waals surface area contributed by atoms with Crippen molar-refractivity contribution in [2.75, 3.05) is 71.5 Å². The van der Waals surface area contributed by atoms with Gasteiger partial charge in [-0.1, -0.05) is 6.92 Å². The van der Waals surface area contributed by atoms with E-state index in [1.54, 1.807) is 19.0 Å². The number of aryl methyl sites for hydroxylation is 1. The lowest BCUT2D eigenvalue weighted by Crippen LogP contribution is -2.53. The van der Waals surface area contributed by atoms with Gasteiger partial charge in [-0.3, -0.25) is 4.79 Å². The molecule has 0 aromatic carbocycles. The molecule has 1 amide bonds. The van der Waals surface area contributed by atoms with Crippen molar-refractivity contribution in [3.63, 3.8) is 0 Å². The molecule has 1 N–H and O–H groups in total.